The molecular formula is C24H18ClNO7S. The van der Waals surface area contributed by atoms with Crippen molar-refractivity contribution in [1.82, 2.24) is 0 Å². The number of halogens is 1. The molecule has 0 amide bonds. The van der Waals surface area contributed by atoms with Crippen molar-refractivity contribution in [3.05, 3.63) is 88.6 Å². The van der Waals surface area contributed by atoms with Gasteiger partial charge < -0.3 is 18.4 Å². The van der Waals surface area contributed by atoms with Gasteiger partial charge in [-0.05, 0) is 60.2 Å². The van der Waals surface area contributed by atoms with E-state index >= 15 is 0 Å². The second kappa shape index (κ2) is 9.58. The minimum Gasteiger partial charge on any atom is -0.496 e. The fourth-order valence-corrected chi connectivity index (χ4v) is 4.18. The Balaban J connectivity index is 1.62. The summed E-state index contributed by atoms with van der Waals surface area (Å²) in [4.78, 5) is 16.6. The van der Waals surface area contributed by atoms with Gasteiger partial charge in [0.25, 0.3) is 0 Å². The quantitative estimate of drug-likeness (QED) is 0.268. The number of ether oxygens (including phenoxy) is 3. The third kappa shape index (κ3) is 4.90. The first-order chi connectivity index (χ1) is 16.3. The molecule has 0 N–H and O–H groups in total. The van der Waals surface area contributed by atoms with Crippen LogP contribution in [0, 0.1) is 0 Å². The zero-order valence-corrected chi connectivity index (χ0v) is 19.6. The summed E-state index contributed by atoms with van der Waals surface area (Å²) in [6, 6.07) is 17.1. The number of aliphatic imine (C=N–C) groups is 1. The van der Waals surface area contributed by atoms with Gasteiger partial charge in [0, 0.05) is 5.02 Å². The van der Waals surface area contributed by atoms with Crippen molar-refractivity contribution in [3.63, 3.8) is 0 Å². The van der Waals surface area contributed by atoms with Gasteiger partial charge in [0.2, 0.25) is 5.90 Å². The summed E-state index contributed by atoms with van der Waals surface area (Å²) < 4.78 is 46.3. The SMILES string of the molecule is COc1cc(/C=C2\N=C(c3ccccc3OC)OC2=O)ccc1OS(=O)(=O)c1ccc(Cl)cc1. The van der Waals surface area contributed by atoms with Gasteiger partial charge in [-0.15, -0.1) is 0 Å². The van der Waals surface area contributed by atoms with Gasteiger partial charge in [0.15, 0.2) is 17.2 Å². The summed E-state index contributed by atoms with van der Waals surface area (Å²) in [7, 11) is -1.23. The second-order valence-corrected chi connectivity index (χ2v) is 8.92. The molecule has 3 aromatic rings. The first-order valence-electron chi connectivity index (χ1n) is 9.85. The van der Waals surface area contributed by atoms with Crippen molar-refractivity contribution in [2.75, 3.05) is 14.2 Å². The van der Waals surface area contributed by atoms with Crippen molar-refractivity contribution in [2.24, 2.45) is 4.99 Å². The van der Waals surface area contributed by atoms with Crippen LogP contribution in [-0.2, 0) is 19.6 Å². The van der Waals surface area contributed by atoms with Crippen molar-refractivity contribution < 1.29 is 31.6 Å². The summed E-state index contributed by atoms with van der Waals surface area (Å²) in [5, 5.41) is 0.399. The van der Waals surface area contributed by atoms with Crippen molar-refractivity contribution in [2.45, 2.75) is 4.90 Å². The van der Waals surface area contributed by atoms with Gasteiger partial charge in [-0.2, -0.15) is 8.42 Å². The van der Waals surface area contributed by atoms with E-state index in [0.717, 1.165) is 0 Å². The number of nitrogens with zero attached hydrogens (tertiary/aromatic N) is 1. The number of hydrogen-bond acceptors (Lipinski definition) is 8. The van der Waals surface area contributed by atoms with Gasteiger partial charge in [0.1, 0.15) is 10.6 Å². The second-order valence-electron chi connectivity index (χ2n) is 6.94. The molecule has 0 fully saturated rings. The molecule has 3 aromatic carbocycles. The Labute approximate surface area is 201 Å². The monoisotopic (exact) mass is 499 g/mol. The number of para-hydroxylation sites is 1. The van der Waals surface area contributed by atoms with E-state index in [4.69, 9.17) is 30.0 Å². The predicted octanol–water partition coefficient (Wildman–Crippen LogP) is 4.47. The Hall–Kier alpha value is -3.82. The predicted molar refractivity (Wildman–Crippen MR) is 126 cm³/mol. The van der Waals surface area contributed by atoms with E-state index in [0.29, 0.717) is 21.9 Å². The van der Waals surface area contributed by atoms with Crippen LogP contribution in [0.3, 0.4) is 0 Å². The van der Waals surface area contributed by atoms with Crippen molar-refractivity contribution in [1.29, 1.82) is 0 Å². The Morgan fingerprint density at radius 3 is 2.32 bits per heavy atom. The smallest absolute Gasteiger partial charge is 0.363 e. The molecule has 0 aromatic heterocycles. The summed E-state index contributed by atoms with van der Waals surface area (Å²) in [6.45, 7) is 0. The van der Waals surface area contributed by atoms with Gasteiger partial charge in [0.05, 0.1) is 19.8 Å². The highest BCUT2D eigenvalue weighted by molar-refractivity contribution is 7.87. The van der Waals surface area contributed by atoms with E-state index in [9.17, 15) is 13.2 Å². The molecule has 8 nitrogen and oxygen atoms in total. The Morgan fingerprint density at radius 1 is 0.912 bits per heavy atom. The number of hydrogen-bond donors (Lipinski definition) is 0. The molecule has 174 valence electrons. The zero-order chi connectivity index (χ0) is 24.3. The van der Waals surface area contributed by atoms with Crippen LogP contribution in [0.4, 0.5) is 0 Å². The Kier molecular flexibility index (Phi) is 6.58. The minimum atomic E-state index is -4.11. The average molecular weight is 500 g/mol. The first-order valence-corrected chi connectivity index (χ1v) is 11.6. The fraction of sp³-hybridized carbons (Fsp3) is 0.0833. The fourth-order valence-electron chi connectivity index (χ4n) is 3.11. The number of cyclic esters (lactones) is 1. The highest BCUT2D eigenvalue weighted by Crippen LogP contribution is 2.32. The normalized spacial score (nSPS) is 14.5. The maximum absolute atomic E-state index is 12.6. The van der Waals surface area contributed by atoms with Crippen molar-refractivity contribution >= 4 is 39.7 Å². The lowest BCUT2D eigenvalue weighted by Gasteiger charge is -2.11. The van der Waals surface area contributed by atoms with Crippen molar-refractivity contribution in [3.8, 4) is 17.2 Å². The van der Waals surface area contributed by atoms with E-state index in [1.807, 2.05) is 0 Å². The maximum atomic E-state index is 12.6. The number of esters is 1. The molecule has 0 atom stereocenters. The van der Waals surface area contributed by atoms with Crippen LogP contribution >= 0.6 is 11.6 Å². The van der Waals surface area contributed by atoms with E-state index in [1.165, 1.54) is 56.7 Å². The number of carbonyl (C=O) groups is 1. The van der Waals surface area contributed by atoms with Gasteiger partial charge in [-0.1, -0.05) is 29.8 Å². The van der Waals surface area contributed by atoms with Gasteiger partial charge in [-0.3, -0.25) is 0 Å². The molecule has 0 unspecified atom stereocenters. The third-order valence-electron chi connectivity index (χ3n) is 4.75. The number of benzene rings is 3. The molecule has 34 heavy (non-hydrogen) atoms. The molecule has 0 spiro atoms. The standard InChI is InChI=1S/C24H18ClNO7S/c1-30-20-6-4-3-5-18(20)23-26-19(24(27)32-23)13-15-7-12-21(22(14-15)31-2)33-34(28,29)17-10-8-16(25)9-11-17/h3-14H,1-2H3/b19-13-. The van der Waals surface area contributed by atoms with Crippen LogP contribution in [-0.4, -0.2) is 34.5 Å². The highest BCUT2D eigenvalue weighted by Gasteiger charge is 2.26. The van der Waals surface area contributed by atoms with E-state index in [1.54, 1.807) is 30.3 Å². The molecule has 0 aliphatic carbocycles. The number of carbonyl (C=O) groups excluding carboxylic acids is 1. The highest BCUT2D eigenvalue weighted by atomic mass is 35.5. The topological polar surface area (TPSA) is 100 Å². The molecule has 0 bridgehead atoms. The largest absolute Gasteiger partial charge is 0.496 e. The number of rotatable bonds is 7. The van der Waals surface area contributed by atoms with E-state index in [-0.39, 0.29) is 28.0 Å². The maximum Gasteiger partial charge on any atom is 0.363 e. The lowest BCUT2D eigenvalue weighted by molar-refractivity contribution is -0.129. The molecule has 1 aliphatic heterocycles. The van der Waals surface area contributed by atoms with Crippen LogP contribution in [0.5, 0.6) is 17.2 Å². The van der Waals surface area contributed by atoms with E-state index in [2.05, 4.69) is 4.99 Å². The van der Waals surface area contributed by atoms with Crippen LogP contribution < -0.4 is 13.7 Å². The molecule has 0 saturated heterocycles. The zero-order valence-electron chi connectivity index (χ0n) is 18.0. The van der Waals surface area contributed by atoms with Crippen LogP contribution in [0.25, 0.3) is 6.08 Å². The van der Waals surface area contributed by atoms with Crippen LogP contribution in [0.2, 0.25) is 5.02 Å². The van der Waals surface area contributed by atoms with E-state index < -0.39 is 16.1 Å². The molecule has 10 heteroatoms. The molecule has 1 heterocycles. The molecular weight excluding hydrogens is 482 g/mol. The summed E-state index contributed by atoms with van der Waals surface area (Å²) in [6.07, 6.45) is 1.49. The summed E-state index contributed by atoms with van der Waals surface area (Å²) >= 11 is 5.82. The summed E-state index contributed by atoms with van der Waals surface area (Å²) in [5.74, 6) is 0.125. The van der Waals surface area contributed by atoms with Crippen LogP contribution in [0.15, 0.2) is 82.3 Å². The third-order valence-corrected chi connectivity index (χ3v) is 6.25. The Morgan fingerprint density at radius 2 is 1.62 bits per heavy atom. The average Bonchev–Trinajstić information content (AvgIpc) is 3.19. The molecule has 0 radical (unpaired) electrons. The van der Waals surface area contributed by atoms with Crippen LogP contribution in [0.1, 0.15) is 11.1 Å². The lowest BCUT2D eigenvalue weighted by Crippen LogP contribution is -2.10. The molecule has 1 aliphatic rings. The minimum absolute atomic E-state index is 0.0215. The Bertz CT molecular complexity index is 1410. The number of methoxy groups -OCH3 is 2. The first kappa shape index (κ1) is 23.3. The van der Waals surface area contributed by atoms with Gasteiger partial charge >= 0.3 is 16.1 Å². The van der Waals surface area contributed by atoms with Gasteiger partial charge in [-0.25, -0.2) is 9.79 Å². The molecule has 0 saturated carbocycles. The molecule has 4 rings (SSSR count). The lowest BCUT2D eigenvalue weighted by atomic mass is 10.1. The summed E-state index contributed by atoms with van der Waals surface area (Å²) in [5.41, 5.74) is 1.12.